The molecule has 2 aromatic carbocycles. The summed E-state index contributed by atoms with van der Waals surface area (Å²) in [6.45, 7) is 5.53. The predicted molar refractivity (Wildman–Crippen MR) is 121 cm³/mol. The van der Waals surface area contributed by atoms with Crippen molar-refractivity contribution in [2.75, 3.05) is 20.2 Å². The van der Waals surface area contributed by atoms with Gasteiger partial charge in [0.2, 0.25) is 5.91 Å². The number of ether oxygens (including phenoxy) is 2. The summed E-state index contributed by atoms with van der Waals surface area (Å²) in [5, 5.41) is 3.83. The minimum absolute atomic E-state index is 0.00560. The van der Waals surface area contributed by atoms with Gasteiger partial charge >= 0.3 is 0 Å². The van der Waals surface area contributed by atoms with Crippen LogP contribution in [0.15, 0.2) is 53.1 Å². The van der Waals surface area contributed by atoms with Crippen LogP contribution in [-0.2, 0) is 22.5 Å². The highest BCUT2D eigenvalue weighted by Gasteiger charge is 2.26. The Labute approximate surface area is 187 Å². The molecule has 1 aromatic heterocycles. The summed E-state index contributed by atoms with van der Waals surface area (Å²) in [4.78, 5) is 27.1. The second kappa shape index (κ2) is 9.44. The molecule has 1 aliphatic rings. The Balaban J connectivity index is 1.32. The van der Waals surface area contributed by atoms with Gasteiger partial charge in [0.1, 0.15) is 11.3 Å². The number of nitrogens with one attached hydrogen (secondary N) is 1. The maximum atomic E-state index is 12.8. The Bertz CT molecular complexity index is 1100. The molecule has 7 nitrogen and oxygen atoms in total. The molecule has 1 aliphatic heterocycles. The van der Waals surface area contributed by atoms with E-state index in [1.165, 1.54) is 0 Å². The third-order valence-electron chi connectivity index (χ3n) is 5.61. The molecule has 168 valence electrons. The van der Waals surface area contributed by atoms with E-state index in [4.69, 9.17) is 13.9 Å². The molecular weight excluding hydrogens is 408 g/mol. The number of carbonyl (C=O) groups excluding carboxylic acids is 2. The van der Waals surface area contributed by atoms with Gasteiger partial charge in [-0.2, -0.15) is 0 Å². The van der Waals surface area contributed by atoms with Gasteiger partial charge in [0.05, 0.1) is 32.0 Å². The number of benzene rings is 2. The normalized spacial score (nSPS) is 18.5. The van der Waals surface area contributed by atoms with Gasteiger partial charge < -0.3 is 24.1 Å². The van der Waals surface area contributed by atoms with Crippen molar-refractivity contribution in [2.45, 2.75) is 39.0 Å². The molecule has 1 N–H and O–H groups in total. The minimum Gasteiger partial charge on any atom is -0.497 e. The van der Waals surface area contributed by atoms with Crippen molar-refractivity contribution in [2.24, 2.45) is 0 Å². The lowest BCUT2D eigenvalue weighted by Crippen LogP contribution is -2.48. The highest BCUT2D eigenvalue weighted by molar-refractivity contribution is 5.94. The number of hydrogen-bond donors (Lipinski definition) is 1. The van der Waals surface area contributed by atoms with E-state index in [9.17, 15) is 9.59 Å². The number of amides is 2. The zero-order chi connectivity index (χ0) is 22.7. The standard InChI is InChI=1S/C25H28N2O5/c1-16-13-27(14-17(2)32-16)25(29)19-6-4-18(5-7-19)12-26-24(28)10-20-15-31-23-11-21(30-3)8-9-22(20)23/h4-9,11,15-17H,10,12-14H2,1-3H3,(H,26,28). The molecule has 7 heteroatoms. The van der Waals surface area contributed by atoms with Gasteiger partial charge in [-0.3, -0.25) is 9.59 Å². The lowest BCUT2D eigenvalue weighted by atomic mass is 10.1. The molecule has 4 rings (SSSR count). The first kappa shape index (κ1) is 21.9. The quantitative estimate of drug-likeness (QED) is 0.639. The smallest absolute Gasteiger partial charge is 0.254 e. The van der Waals surface area contributed by atoms with Gasteiger partial charge in [0.25, 0.3) is 5.91 Å². The van der Waals surface area contributed by atoms with Crippen LogP contribution in [0.1, 0.15) is 35.3 Å². The van der Waals surface area contributed by atoms with Crippen LogP contribution in [0.5, 0.6) is 5.75 Å². The Morgan fingerprint density at radius 2 is 1.81 bits per heavy atom. The van der Waals surface area contributed by atoms with Crippen molar-refractivity contribution in [3.05, 3.63) is 65.4 Å². The molecule has 1 saturated heterocycles. The molecule has 0 radical (unpaired) electrons. The molecular formula is C25H28N2O5. The molecule has 1 fully saturated rings. The highest BCUT2D eigenvalue weighted by Crippen LogP contribution is 2.26. The molecule has 0 bridgehead atoms. The van der Waals surface area contributed by atoms with Gasteiger partial charge in [-0.15, -0.1) is 0 Å². The van der Waals surface area contributed by atoms with Gasteiger partial charge in [0.15, 0.2) is 0 Å². The van der Waals surface area contributed by atoms with E-state index in [2.05, 4.69) is 5.32 Å². The van der Waals surface area contributed by atoms with E-state index >= 15 is 0 Å². The molecule has 32 heavy (non-hydrogen) atoms. The van der Waals surface area contributed by atoms with Crippen molar-refractivity contribution in [3.63, 3.8) is 0 Å². The van der Waals surface area contributed by atoms with Crippen LogP contribution in [0.25, 0.3) is 11.0 Å². The third-order valence-corrected chi connectivity index (χ3v) is 5.61. The number of furan rings is 1. The average molecular weight is 437 g/mol. The predicted octanol–water partition coefficient (Wildman–Crippen LogP) is 3.55. The largest absolute Gasteiger partial charge is 0.497 e. The van der Waals surface area contributed by atoms with Crippen molar-refractivity contribution in [1.82, 2.24) is 10.2 Å². The van der Waals surface area contributed by atoms with Crippen molar-refractivity contribution in [3.8, 4) is 5.75 Å². The second-order valence-corrected chi connectivity index (χ2v) is 8.24. The Morgan fingerprint density at radius 3 is 2.50 bits per heavy atom. The lowest BCUT2D eigenvalue weighted by molar-refractivity contribution is -0.120. The first-order valence-corrected chi connectivity index (χ1v) is 10.8. The summed E-state index contributed by atoms with van der Waals surface area (Å²) < 4.78 is 16.5. The maximum Gasteiger partial charge on any atom is 0.254 e. The summed E-state index contributed by atoms with van der Waals surface area (Å²) in [6.07, 6.45) is 1.90. The monoisotopic (exact) mass is 436 g/mol. The first-order chi connectivity index (χ1) is 15.4. The number of methoxy groups -OCH3 is 1. The van der Waals surface area contributed by atoms with Crippen LogP contribution in [0.3, 0.4) is 0 Å². The second-order valence-electron chi connectivity index (χ2n) is 8.24. The molecule has 0 saturated carbocycles. The van der Waals surface area contributed by atoms with Crippen molar-refractivity contribution >= 4 is 22.8 Å². The van der Waals surface area contributed by atoms with Crippen molar-refractivity contribution < 1.29 is 23.5 Å². The van der Waals surface area contributed by atoms with Gasteiger partial charge in [-0.1, -0.05) is 12.1 Å². The fraction of sp³-hybridized carbons (Fsp3) is 0.360. The van der Waals surface area contributed by atoms with E-state index in [1.807, 2.05) is 55.1 Å². The number of nitrogens with zero attached hydrogens (tertiary/aromatic N) is 1. The van der Waals surface area contributed by atoms with Crippen molar-refractivity contribution in [1.29, 1.82) is 0 Å². The Kier molecular flexibility index (Phi) is 6.46. The SMILES string of the molecule is COc1ccc2c(CC(=O)NCc3ccc(C(=O)N4CC(C)OC(C)C4)cc3)coc2c1. The molecule has 2 unspecified atom stereocenters. The van der Waals surface area contributed by atoms with E-state index in [0.717, 1.165) is 16.5 Å². The van der Waals surface area contributed by atoms with Crippen LogP contribution in [0.2, 0.25) is 0 Å². The zero-order valence-electron chi connectivity index (χ0n) is 18.6. The summed E-state index contributed by atoms with van der Waals surface area (Å²) in [7, 11) is 1.60. The van der Waals surface area contributed by atoms with Gasteiger partial charge in [-0.05, 0) is 43.7 Å². The fourth-order valence-electron chi connectivity index (χ4n) is 4.05. The summed E-state index contributed by atoms with van der Waals surface area (Å²) in [5.41, 5.74) is 3.09. The van der Waals surface area contributed by atoms with Crippen LogP contribution in [0.4, 0.5) is 0 Å². The third kappa shape index (κ3) is 4.94. The number of rotatable bonds is 6. The van der Waals surface area contributed by atoms with Crippen LogP contribution in [-0.4, -0.2) is 49.1 Å². The molecule has 2 amide bonds. The molecule has 2 atom stereocenters. The molecule has 0 spiro atoms. The Morgan fingerprint density at radius 1 is 1.09 bits per heavy atom. The minimum atomic E-state index is -0.0973. The van der Waals surface area contributed by atoms with E-state index in [-0.39, 0.29) is 30.4 Å². The molecule has 2 heterocycles. The highest BCUT2D eigenvalue weighted by atomic mass is 16.5. The van der Waals surface area contributed by atoms with E-state index in [0.29, 0.717) is 36.5 Å². The summed E-state index contributed by atoms with van der Waals surface area (Å²) >= 11 is 0. The number of hydrogen-bond acceptors (Lipinski definition) is 5. The van der Waals surface area contributed by atoms with Crippen LogP contribution in [0, 0.1) is 0 Å². The first-order valence-electron chi connectivity index (χ1n) is 10.8. The topological polar surface area (TPSA) is 81.0 Å². The molecule has 0 aliphatic carbocycles. The summed E-state index contributed by atoms with van der Waals surface area (Å²) in [5.74, 6) is 0.619. The number of morpholine rings is 1. The van der Waals surface area contributed by atoms with E-state index < -0.39 is 0 Å². The van der Waals surface area contributed by atoms with Crippen LogP contribution < -0.4 is 10.1 Å². The van der Waals surface area contributed by atoms with Gasteiger partial charge in [-0.25, -0.2) is 0 Å². The summed E-state index contributed by atoms with van der Waals surface area (Å²) in [6, 6.07) is 12.9. The zero-order valence-corrected chi connectivity index (χ0v) is 18.6. The van der Waals surface area contributed by atoms with Gasteiger partial charge in [0, 0.05) is 42.2 Å². The molecule has 3 aromatic rings. The average Bonchev–Trinajstić information content (AvgIpc) is 3.18. The lowest BCUT2D eigenvalue weighted by Gasteiger charge is -2.35. The fourth-order valence-corrected chi connectivity index (χ4v) is 4.05. The maximum absolute atomic E-state index is 12.8. The van der Waals surface area contributed by atoms with E-state index in [1.54, 1.807) is 19.4 Å². The Hall–Kier alpha value is -3.32. The number of fused-ring (bicyclic) bond motifs is 1. The van der Waals surface area contributed by atoms with Crippen LogP contribution >= 0.6 is 0 Å². The number of carbonyl (C=O) groups is 2.